The molecule has 0 aromatic carbocycles. The normalized spacial score (nSPS) is 25.4. The van der Waals surface area contributed by atoms with Gasteiger partial charge in [-0.05, 0) is 26.7 Å². The van der Waals surface area contributed by atoms with Gasteiger partial charge in [-0.2, -0.15) is 0 Å². The zero-order chi connectivity index (χ0) is 13.2. The summed E-state index contributed by atoms with van der Waals surface area (Å²) in [5.41, 5.74) is 4.93. The second-order valence-corrected chi connectivity index (χ2v) is 5.53. The number of likely N-dealkylation sites (tertiary alicyclic amines) is 1. The van der Waals surface area contributed by atoms with Crippen LogP contribution in [-0.2, 0) is 4.79 Å². The van der Waals surface area contributed by atoms with E-state index in [0.29, 0.717) is 19.5 Å². The van der Waals surface area contributed by atoms with Crippen molar-refractivity contribution in [2.45, 2.75) is 39.7 Å². The van der Waals surface area contributed by atoms with Crippen molar-refractivity contribution in [1.29, 1.82) is 0 Å². The fraction of sp³-hybridized carbons (Fsp3) is 0.833. The minimum absolute atomic E-state index is 0.00403. The van der Waals surface area contributed by atoms with Crippen LogP contribution in [0.3, 0.4) is 0 Å². The number of thiocarbonyl (C=S) groups is 1. The summed E-state index contributed by atoms with van der Waals surface area (Å²) in [5.74, 6) is 0.169. The lowest BCUT2D eigenvalue weighted by molar-refractivity contribution is -0.136. The summed E-state index contributed by atoms with van der Waals surface area (Å²) in [4.78, 5) is 14.4. The Hall–Kier alpha value is -0.680. The molecule has 5 heteroatoms. The van der Waals surface area contributed by atoms with Crippen LogP contribution in [0.1, 0.15) is 33.6 Å². The SMILES string of the molecule is CCC(C)(C(=O)N1CCC(C(C)O)C1)C(N)=S. The predicted molar refractivity (Wildman–Crippen MR) is 71.6 cm³/mol. The summed E-state index contributed by atoms with van der Waals surface area (Å²) in [7, 11) is 0. The molecular weight excluding hydrogens is 236 g/mol. The zero-order valence-electron chi connectivity index (χ0n) is 10.8. The van der Waals surface area contributed by atoms with Crippen LogP contribution >= 0.6 is 12.2 Å². The molecule has 98 valence electrons. The van der Waals surface area contributed by atoms with Crippen LogP contribution in [0.5, 0.6) is 0 Å². The van der Waals surface area contributed by atoms with Crippen LogP contribution in [0, 0.1) is 11.3 Å². The molecule has 1 heterocycles. The Balaban J connectivity index is 2.75. The molecule has 0 aromatic heterocycles. The number of aliphatic hydroxyl groups excluding tert-OH is 1. The van der Waals surface area contributed by atoms with Gasteiger partial charge in [-0.3, -0.25) is 4.79 Å². The van der Waals surface area contributed by atoms with E-state index in [1.54, 1.807) is 18.7 Å². The number of carbonyl (C=O) groups excluding carboxylic acids is 1. The van der Waals surface area contributed by atoms with Crippen molar-refractivity contribution in [3.8, 4) is 0 Å². The Bertz CT molecular complexity index is 320. The highest BCUT2D eigenvalue weighted by atomic mass is 32.1. The highest BCUT2D eigenvalue weighted by Gasteiger charge is 2.40. The molecule has 4 nitrogen and oxygen atoms in total. The van der Waals surface area contributed by atoms with E-state index in [-0.39, 0.29) is 22.9 Å². The van der Waals surface area contributed by atoms with Crippen molar-refractivity contribution in [2.24, 2.45) is 17.1 Å². The number of nitrogens with two attached hydrogens (primary N) is 1. The van der Waals surface area contributed by atoms with Crippen molar-refractivity contribution in [1.82, 2.24) is 4.90 Å². The third kappa shape index (κ3) is 2.77. The number of carbonyl (C=O) groups is 1. The van der Waals surface area contributed by atoms with Gasteiger partial charge in [-0.1, -0.05) is 19.1 Å². The van der Waals surface area contributed by atoms with Gasteiger partial charge >= 0.3 is 0 Å². The number of hydrogen-bond donors (Lipinski definition) is 2. The minimum atomic E-state index is -0.747. The first-order valence-electron chi connectivity index (χ1n) is 6.10. The standard InChI is InChI=1S/C12H22N2O2S/c1-4-12(3,10(13)17)11(16)14-6-5-9(7-14)8(2)15/h8-9,15H,4-7H2,1-3H3,(H2,13,17). The molecule has 0 bridgehead atoms. The highest BCUT2D eigenvalue weighted by molar-refractivity contribution is 7.80. The summed E-state index contributed by atoms with van der Waals surface area (Å²) in [6, 6.07) is 0. The highest BCUT2D eigenvalue weighted by Crippen LogP contribution is 2.29. The van der Waals surface area contributed by atoms with E-state index < -0.39 is 5.41 Å². The molecule has 3 atom stereocenters. The number of hydrogen-bond acceptors (Lipinski definition) is 3. The number of nitrogens with zero attached hydrogens (tertiary/aromatic N) is 1. The van der Waals surface area contributed by atoms with Crippen LogP contribution in [-0.4, -0.2) is 40.1 Å². The molecule has 1 amide bonds. The number of amides is 1. The largest absolute Gasteiger partial charge is 0.393 e. The molecule has 3 N–H and O–H groups in total. The summed E-state index contributed by atoms with van der Waals surface area (Å²) < 4.78 is 0. The number of rotatable bonds is 4. The summed E-state index contributed by atoms with van der Waals surface area (Å²) >= 11 is 5.00. The van der Waals surface area contributed by atoms with Gasteiger partial charge in [-0.25, -0.2) is 0 Å². The van der Waals surface area contributed by atoms with Gasteiger partial charge in [0.2, 0.25) is 5.91 Å². The molecule has 1 saturated heterocycles. The van der Waals surface area contributed by atoms with E-state index in [1.807, 2.05) is 6.92 Å². The van der Waals surface area contributed by atoms with Crippen LogP contribution in [0.15, 0.2) is 0 Å². The number of aliphatic hydroxyl groups is 1. The van der Waals surface area contributed by atoms with E-state index in [0.717, 1.165) is 6.42 Å². The Kier molecular flexibility index (Phi) is 4.49. The van der Waals surface area contributed by atoms with Gasteiger partial charge in [-0.15, -0.1) is 0 Å². The second-order valence-electron chi connectivity index (χ2n) is 5.09. The quantitative estimate of drug-likeness (QED) is 0.736. The van der Waals surface area contributed by atoms with Gasteiger partial charge in [0.1, 0.15) is 0 Å². The summed E-state index contributed by atoms with van der Waals surface area (Å²) in [6.45, 7) is 6.78. The molecule has 0 radical (unpaired) electrons. The molecular formula is C12H22N2O2S. The van der Waals surface area contributed by atoms with Gasteiger partial charge < -0.3 is 15.7 Å². The van der Waals surface area contributed by atoms with Crippen molar-refractivity contribution in [2.75, 3.05) is 13.1 Å². The van der Waals surface area contributed by atoms with Gasteiger partial charge in [0.15, 0.2) is 0 Å². The fourth-order valence-corrected chi connectivity index (χ4v) is 2.38. The topological polar surface area (TPSA) is 66.6 Å². The lowest BCUT2D eigenvalue weighted by Gasteiger charge is -2.31. The third-order valence-electron chi connectivity index (χ3n) is 3.92. The average molecular weight is 258 g/mol. The average Bonchev–Trinajstić information content (AvgIpc) is 2.75. The summed E-state index contributed by atoms with van der Waals surface area (Å²) in [5, 5.41) is 9.53. The first-order valence-corrected chi connectivity index (χ1v) is 6.51. The van der Waals surface area contributed by atoms with Crippen LogP contribution < -0.4 is 5.73 Å². The smallest absolute Gasteiger partial charge is 0.235 e. The Morgan fingerprint density at radius 2 is 2.29 bits per heavy atom. The molecule has 1 fully saturated rings. The van der Waals surface area contributed by atoms with Gasteiger partial charge in [0, 0.05) is 19.0 Å². The van der Waals surface area contributed by atoms with E-state index in [9.17, 15) is 9.90 Å². The first-order chi connectivity index (χ1) is 7.82. The molecule has 1 rings (SSSR count). The molecule has 0 saturated carbocycles. The Labute approximate surface area is 108 Å². The van der Waals surface area contributed by atoms with Crippen LogP contribution in [0.25, 0.3) is 0 Å². The predicted octanol–water partition coefficient (Wildman–Crippen LogP) is 0.918. The van der Waals surface area contributed by atoms with Crippen molar-refractivity contribution in [3.63, 3.8) is 0 Å². The Morgan fingerprint density at radius 3 is 2.65 bits per heavy atom. The van der Waals surface area contributed by atoms with E-state index in [2.05, 4.69) is 0 Å². The van der Waals surface area contributed by atoms with Crippen molar-refractivity contribution < 1.29 is 9.90 Å². The van der Waals surface area contributed by atoms with Gasteiger partial charge in [0.25, 0.3) is 0 Å². The maximum atomic E-state index is 12.4. The summed E-state index contributed by atoms with van der Waals surface area (Å²) in [6.07, 6.45) is 1.09. The minimum Gasteiger partial charge on any atom is -0.393 e. The molecule has 0 aromatic rings. The first kappa shape index (κ1) is 14.4. The van der Waals surface area contributed by atoms with E-state index in [1.165, 1.54) is 0 Å². The molecule has 17 heavy (non-hydrogen) atoms. The maximum Gasteiger partial charge on any atom is 0.235 e. The monoisotopic (exact) mass is 258 g/mol. The zero-order valence-corrected chi connectivity index (χ0v) is 11.6. The van der Waals surface area contributed by atoms with Crippen molar-refractivity contribution in [3.05, 3.63) is 0 Å². The third-order valence-corrected chi connectivity index (χ3v) is 4.37. The van der Waals surface area contributed by atoms with Gasteiger partial charge in [0.05, 0.1) is 16.5 Å². The fourth-order valence-electron chi connectivity index (χ4n) is 2.15. The van der Waals surface area contributed by atoms with Crippen molar-refractivity contribution >= 4 is 23.1 Å². The lowest BCUT2D eigenvalue weighted by atomic mass is 9.86. The lowest BCUT2D eigenvalue weighted by Crippen LogP contribution is -2.48. The molecule has 1 aliphatic heterocycles. The Morgan fingerprint density at radius 1 is 1.71 bits per heavy atom. The van der Waals surface area contributed by atoms with E-state index in [4.69, 9.17) is 18.0 Å². The molecule has 0 spiro atoms. The molecule has 1 aliphatic rings. The van der Waals surface area contributed by atoms with Crippen LogP contribution in [0.4, 0.5) is 0 Å². The molecule has 0 aliphatic carbocycles. The second kappa shape index (κ2) is 5.31. The van der Waals surface area contributed by atoms with Crippen LogP contribution in [0.2, 0.25) is 0 Å². The maximum absolute atomic E-state index is 12.4. The molecule has 3 unspecified atom stereocenters. The van der Waals surface area contributed by atoms with E-state index >= 15 is 0 Å².